The molecule has 0 aromatic rings. The molecular formula is C8H18N2O. The minimum atomic E-state index is -0.303. The van der Waals surface area contributed by atoms with Crippen molar-refractivity contribution >= 4 is 0 Å². The van der Waals surface area contributed by atoms with Gasteiger partial charge in [-0.15, -0.1) is 0 Å². The van der Waals surface area contributed by atoms with Crippen LogP contribution >= 0.6 is 0 Å². The third-order valence-electron chi connectivity index (χ3n) is 2.61. The zero-order valence-corrected chi connectivity index (χ0v) is 7.97. The van der Waals surface area contributed by atoms with E-state index in [4.69, 9.17) is 0 Å². The number of hydrogen-bond donors (Lipinski definition) is 2. The van der Waals surface area contributed by atoms with E-state index in [0.29, 0.717) is 0 Å². The Labute approximate surface area is 68.3 Å². The molecule has 3 heteroatoms. The topological polar surface area (TPSA) is 35.5 Å². The van der Waals surface area contributed by atoms with Gasteiger partial charge in [0.15, 0.2) is 0 Å². The van der Waals surface area contributed by atoms with Crippen LogP contribution in [0, 0.1) is 0 Å². The van der Waals surface area contributed by atoms with Crippen molar-refractivity contribution in [3.05, 3.63) is 0 Å². The maximum atomic E-state index is 9.63. The predicted molar refractivity (Wildman–Crippen MR) is 44.4 cm³/mol. The van der Waals surface area contributed by atoms with Crippen LogP contribution in [0.2, 0.25) is 0 Å². The highest BCUT2D eigenvalue weighted by atomic mass is 16.5. The molecule has 1 heterocycles. The average molecular weight is 158 g/mol. The molecule has 11 heavy (non-hydrogen) atoms. The summed E-state index contributed by atoms with van der Waals surface area (Å²) in [6.45, 7) is 10.1. The maximum Gasteiger partial charge on any atom is 0.0901 e. The van der Waals surface area contributed by atoms with E-state index in [0.717, 1.165) is 0 Å². The van der Waals surface area contributed by atoms with Gasteiger partial charge in [0.1, 0.15) is 0 Å². The number of hydroxylamine groups is 2. The first-order valence-corrected chi connectivity index (χ1v) is 4.05. The van der Waals surface area contributed by atoms with Gasteiger partial charge in [-0.3, -0.25) is 5.32 Å². The van der Waals surface area contributed by atoms with E-state index in [9.17, 15) is 5.21 Å². The second-order valence-corrected chi connectivity index (χ2v) is 4.43. The SMILES string of the molecule is C[C@@H]1N(O)C(C)(C)NC1(C)C. The lowest BCUT2D eigenvalue weighted by atomic mass is 9.99. The van der Waals surface area contributed by atoms with Crippen LogP contribution in [-0.2, 0) is 0 Å². The van der Waals surface area contributed by atoms with Crippen LogP contribution in [0.1, 0.15) is 34.6 Å². The molecule has 0 saturated carbocycles. The van der Waals surface area contributed by atoms with Crippen molar-refractivity contribution in [2.75, 3.05) is 0 Å². The van der Waals surface area contributed by atoms with Crippen molar-refractivity contribution in [2.45, 2.75) is 51.9 Å². The Bertz CT molecular complexity index is 147. The number of rotatable bonds is 0. The summed E-state index contributed by atoms with van der Waals surface area (Å²) in [5.41, 5.74) is -0.318. The highest BCUT2D eigenvalue weighted by molar-refractivity contribution is 5.01. The van der Waals surface area contributed by atoms with Crippen molar-refractivity contribution in [2.24, 2.45) is 0 Å². The van der Waals surface area contributed by atoms with Gasteiger partial charge >= 0.3 is 0 Å². The summed E-state index contributed by atoms with van der Waals surface area (Å²) in [6, 6.07) is 0.150. The van der Waals surface area contributed by atoms with Crippen LogP contribution in [0.4, 0.5) is 0 Å². The fourth-order valence-electron chi connectivity index (χ4n) is 1.74. The zero-order valence-electron chi connectivity index (χ0n) is 7.97. The first kappa shape index (κ1) is 8.97. The number of nitrogens with zero attached hydrogens (tertiary/aromatic N) is 1. The first-order valence-electron chi connectivity index (χ1n) is 4.05. The van der Waals surface area contributed by atoms with Crippen LogP contribution in [0.15, 0.2) is 0 Å². The molecule has 1 fully saturated rings. The molecule has 0 aliphatic carbocycles. The summed E-state index contributed by atoms with van der Waals surface area (Å²) in [5.74, 6) is 0. The molecule has 1 aliphatic rings. The maximum absolute atomic E-state index is 9.63. The van der Waals surface area contributed by atoms with Crippen molar-refractivity contribution in [3.63, 3.8) is 0 Å². The lowest BCUT2D eigenvalue weighted by Gasteiger charge is -2.26. The summed E-state index contributed by atoms with van der Waals surface area (Å²) >= 11 is 0. The van der Waals surface area contributed by atoms with Crippen molar-refractivity contribution < 1.29 is 5.21 Å². The number of nitrogens with one attached hydrogen (secondary N) is 1. The van der Waals surface area contributed by atoms with E-state index in [1.807, 2.05) is 20.8 Å². The minimum absolute atomic E-state index is 0.0156. The van der Waals surface area contributed by atoms with Gasteiger partial charge in [-0.05, 0) is 34.6 Å². The van der Waals surface area contributed by atoms with Crippen LogP contribution in [0.25, 0.3) is 0 Å². The number of hydrogen-bond acceptors (Lipinski definition) is 3. The third kappa shape index (κ3) is 1.28. The molecule has 0 aromatic carbocycles. The lowest BCUT2D eigenvalue weighted by Crippen LogP contribution is -2.47. The molecule has 0 spiro atoms. The highest BCUT2D eigenvalue weighted by Crippen LogP contribution is 2.29. The Morgan fingerprint density at radius 3 is 1.82 bits per heavy atom. The molecule has 1 aliphatic heterocycles. The second kappa shape index (κ2) is 2.19. The van der Waals surface area contributed by atoms with Gasteiger partial charge in [0.05, 0.1) is 11.7 Å². The van der Waals surface area contributed by atoms with Crippen molar-refractivity contribution in [3.8, 4) is 0 Å². The summed E-state index contributed by atoms with van der Waals surface area (Å²) in [5, 5.41) is 14.4. The molecular weight excluding hydrogens is 140 g/mol. The Morgan fingerprint density at radius 2 is 1.73 bits per heavy atom. The van der Waals surface area contributed by atoms with Crippen LogP contribution in [0.5, 0.6) is 0 Å². The lowest BCUT2D eigenvalue weighted by molar-refractivity contribution is -0.166. The standard InChI is InChI=1S/C8H18N2O/c1-6-7(2,3)9-8(4,5)10(6)11/h6,9,11H,1-5H3/t6-/m0/s1. The van der Waals surface area contributed by atoms with E-state index in [-0.39, 0.29) is 17.2 Å². The molecule has 0 aromatic heterocycles. The van der Waals surface area contributed by atoms with Gasteiger partial charge in [0.25, 0.3) is 0 Å². The summed E-state index contributed by atoms with van der Waals surface area (Å²) < 4.78 is 0. The van der Waals surface area contributed by atoms with Crippen molar-refractivity contribution in [1.82, 2.24) is 10.4 Å². The van der Waals surface area contributed by atoms with Gasteiger partial charge in [0.2, 0.25) is 0 Å². The monoisotopic (exact) mass is 158 g/mol. The van der Waals surface area contributed by atoms with Crippen LogP contribution < -0.4 is 5.32 Å². The molecule has 0 radical (unpaired) electrons. The highest BCUT2D eigenvalue weighted by Gasteiger charge is 2.47. The fraction of sp³-hybridized carbons (Fsp3) is 1.00. The van der Waals surface area contributed by atoms with Gasteiger partial charge in [-0.25, -0.2) is 0 Å². The summed E-state index contributed by atoms with van der Waals surface area (Å²) in [4.78, 5) is 0. The van der Waals surface area contributed by atoms with Gasteiger partial charge in [-0.1, -0.05) is 0 Å². The molecule has 0 bridgehead atoms. The molecule has 3 nitrogen and oxygen atoms in total. The molecule has 66 valence electrons. The second-order valence-electron chi connectivity index (χ2n) is 4.43. The molecule has 0 unspecified atom stereocenters. The summed E-state index contributed by atoms with van der Waals surface area (Å²) in [6.07, 6.45) is 0. The van der Waals surface area contributed by atoms with Crippen LogP contribution in [0.3, 0.4) is 0 Å². The fourth-order valence-corrected chi connectivity index (χ4v) is 1.74. The zero-order chi connectivity index (χ0) is 8.86. The molecule has 0 amide bonds. The van der Waals surface area contributed by atoms with Crippen molar-refractivity contribution in [1.29, 1.82) is 0 Å². The molecule has 2 N–H and O–H groups in total. The molecule has 1 atom stereocenters. The Hall–Kier alpha value is -0.120. The minimum Gasteiger partial charge on any atom is -0.312 e. The van der Waals surface area contributed by atoms with E-state index < -0.39 is 0 Å². The van der Waals surface area contributed by atoms with E-state index in [1.54, 1.807) is 0 Å². The van der Waals surface area contributed by atoms with Gasteiger partial charge in [0, 0.05) is 5.54 Å². The Morgan fingerprint density at radius 1 is 1.27 bits per heavy atom. The van der Waals surface area contributed by atoms with Gasteiger partial charge < -0.3 is 5.21 Å². The van der Waals surface area contributed by atoms with Crippen LogP contribution in [-0.4, -0.2) is 27.5 Å². The first-order chi connectivity index (χ1) is 4.77. The molecule has 1 rings (SSSR count). The average Bonchev–Trinajstić information content (AvgIpc) is 1.91. The summed E-state index contributed by atoms with van der Waals surface area (Å²) in [7, 11) is 0. The predicted octanol–water partition coefficient (Wildman–Crippen LogP) is 1.18. The Balaban J connectivity index is 2.86. The Kier molecular flexibility index (Phi) is 1.78. The smallest absolute Gasteiger partial charge is 0.0901 e. The molecule has 1 saturated heterocycles. The quantitative estimate of drug-likeness (QED) is 0.556. The van der Waals surface area contributed by atoms with E-state index >= 15 is 0 Å². The third-order valence-corrected chi connectivity index (χ3v) is 2.61. The van der Waals surface area contributed by atoms with E-state index in [2.05, 4.69) is 19.2 Å². The largest absolute Gasteiger partial charge is 0.312 e. The van der Waals surface area contributed by atoms with Gasteiger partial charge in [-0.2, -0.15) is 5.06 Å². The van der Waals surface area contributed by atoms with E-state index in [1.165, 1.54) is 5.06 Å². The normalized spacial score (nSPS) is 36.0.